The number of nitrogens with zero attached hydrogens (tertiary/aromatic N) is 2. The van der Waals surface area contributed by atoms with E-state index in [-0.39, 0.29) is 0 Å². The van der Waals surface area contributed by atoms with Crippen molar-refractivity contribution in [2.24, 2.45) is 5.92 Å². The fourth-order valence-corrected chi connectivity index (χ4v) is 4.91. The minimum Gasteiger partial charge on any atom is -0.313 e. The molecule has 1 aliphatic carbocycles. The summed E-state index contributed by atoms with van der Waals surface area (Å²) in [6.45, 7) is 3.85. The number of nitrogens with one attached hydrogen (secondary N) is 1. The Balaban J connectivity index is 1.68. The van der Waals surface area contributed by atoms with Crippen LogP contribution in [0.4, 0.5) is 0 Å². The van der Waals surface area contributed by atoms with E-state index in [0.29, 0.717) is 31.6 Å². The zero-order valence-electron chi connectivity index (χ0n) is 11.6. The van der Waals surface area contributed by atoms with E-state index in [2.05, 4.69) is 5.32 Å². The van der Waals surface area contributed by atoms with Crippen LogP contribution < -0.4 is 5.32 Å². The van der Waals surface area contributed by atoms with Gasteiger partial charge in [0.25, 0.3) is 10.2 Å². The van der Waals surface area contributed by atoms with Gasteiger partial charge in [0.2, 0.25) is 0 Å². The monoisotopic (exact) mass is 287 g/mol. The Bertz CT molecular complexity index is 396. The minimum absolute atomic E-state index is 0.358. The van der Waals surface area contributed by atoms with Gasteiger partial charge in [0.15, 0.2) is 0 Å². The Hall–Kier alpha value is -0.170. The molecule has 3 aliphatic rings. The highest BCUT2D eigenvalue weighted by Gasteiger charge is 2.36. The molecular formula is C13H25N3O2S. The molecule has 1 unspecified atom stereocenters. The highest BCUT2D eigenvalue weighted by Crippen LogP contribution is 2.31. The molecule has 1 saturated carbocycles. The van der Waals surface area contributed by atoms with Gasteiger partial charge in [-0.25, -0.2) is 0 Å². The highest BCUT2D eigenvalue weighted by molar-refractivity contribution is 7.86. The number of hydrogen-bond acceptors (Lipinski definition) is 3. The summed E-state index contributed by atoms with van der Waals surface area (Å²) < 4.78 is 28.9. The molecule has 1 N–H and O–H groups in total. The molecule has 2 saturated heterocycles. The lowest BCUT2D eigenvalue weighted by molar-refractivity contribution is 0.325. The van der Waals surface area contributed by atoms with Crippen molar-refractivity contribution >= 4 is 10.2 Å². The second kappa shape index (κ2) is 5.68. The van der Waals surface area contributed by atoms with Crippen LogP contribution in [0.2, 0.25) is 0 Å². The summed E-state index contributed by atoms with van der Waals surface area (Å²) in [5.74, 6) is 0.610. The molecule has 3 rings (SSSR count). The summed E-state index contributed by atoms with van der Waals surface area (Å²) in [7, 11) is -3.22. The highest BCUT2D eigenvalue weighted by atomic mass is 32.2. The van der Waals surface area contributed by atoms with Crippen molar-refractivity contribution in [3.8, 4) is 0 Å². The van der Waals surface area contributed by atoms with Crippen molar-refractivity contribution in [3.63, 3.8) is 0 Å². The molecule has 0 aromatic carbocycles. The second-order valence-corrected chi connectivity index (χ2v) is 8.10. The van der Waals surface area contributed by atoms with Crippen molar-refractivity contribution < 1.29 is 8.42 Å². The molecule has 19 heavy (non-hydrogen) atoms. The number of rotatable bonds is 6. The van der Waals surface area contributed by atoms with Crippen molar-refractivity contribution in [2.45, 2.75) is 44.6 Å². The maximum atomic E-state index is 12.7. The van der Waals surface area contributed by atoms with Crippen LogP contribution in [-0.4, -0.2) is 55.8 Å². The lowest BCUT2D eigenvalue weighted by Crippen LogP contribution is -2.48. The Morgan fingerprint density at radius 3 is 2.37 bits per heavy atom. The Kier molecular flexibility index (Phi) is 4.12. The molecule has 0 aromatic rings. The summed E-state index contributed by atoms with van der Waals surface area (Å²) in [5, 5.41) is 3.42. The zero-order chi connectivity index (χ0) is 13.3. The standard InChI is InChI=1S/C13H25N3O2S/c17-19(18,15-8-1-2-9-15)16(10-12-5-6-12)11-13-4-3-7-14-13/h12-14H,1-11H2. The van der Waals surface area contributed by atoms with E-state index >= 15 is 0 Å². The van der Waals surface area contributed by atoms with Gasteiger partial charge in [-0.3, -0.25) is 0 Å². The number of hydrogen-bond donors (Lipinski definition) is 1. The SMILES string of the molecule is O=S(=O)(N1CCCC1)N(CC1CC1)CC1CCCN1. The summed E-state index contributed by atoms with van der Waals surface area (Å²) in [4.78, 5) is 0. The molecule has 2 heterocycles. The zero-order valence-corrected chi connectivity index (χ0v) is 12.4. The quantitative estimate of drug-likeness (QED) is 0.786. The summed E-state index contributed by atoms with van der Waals surface area (Å²) in [6, 6.07) is 0.358. The molecule has 110 valence electrons. The van der Waals surface area contributed by atoms with Gasteiger partial charge in [-0.2, -0.15) is 17.0 Å². The molecule has 0 spiro atoms. The van der Waals surface area contributed by atoms with E-state index < -0.39 is 10.2 Å². The fraction of sp³-hybridized carbons (Fsp3) is 1.00. The molecular weight excluding hydrogens is 262 g/mol. The fourth-order valence-electron chi connectivity index (χ4n) is 3.09. The minimum atomic E-state index is -3.22. The van der Waals surface area contributed by atoms with Gasteiger partial charge in [-0.1, -0.05) is 0 Å². The first kappa shape index (κ1) is 13.8. The maximum absolute atomic E-state index is 12.7. The average molecular weight is 287 g/mol. The molecule has 1 atom stereocenters. The molecule has 0 aromatic heterocycles. The topological polar surface area (TPSA) is 52.7 Å². The van der Waals surface area contributed by atoms with Gasteiger partial charge in [0.1, 0.15) is 0 Å². The van der Waals surface area contributed by atoms with Crippen LogP contribution in [-0.2, 0) is 10.2 Å². The summed E-state index contributed by atoms with van der Waals surface area (Å²) in [5.41, 5.74) is 0. The van der Waals surface area contributed by atoms with E-state index in [1.165, 1.54) is 19.3 Å². The van der Waals surface area contributed by atoms with Crippen LogP contribution in [0.1, 0.15) is 38.5 Å². The smallest absolute Gasteiger partial charge is 0.282 e. The normalized spacial score (nSPS) is 29.4. The van der Waals surface area contributed by atoms with Crippen LogP contribution in [0.25, 0.3) is 0 Å². The average Bonchev–Trinajstić information content (AvgIpc) is 2.87. The predicted molar refractivity (Wildman–Crippen MR) is 75.0 cm³/mol. The van der Waals surface area contributed by atoms with Gasteiger partial charge in [-0.15, -0.1) is 0 Å². The predicted octanol–water partition coefficient (Wildman–Crippen LogP) is 0.791. The van der Waals surface area contributed by atoms with Crippen LogP contribution in [0.5, 0.6) is 0 Å². The first-order chi connectivity index (χ1) is 9.16. The van der Waals surface area contributed by atoms with E-state index in [0.717, 1.165) is 32.4 Å². The Morgan fingerprint density at radius 2 is 1.79 bits per heavy atom. The van der Waals surface area contributed by atoms with E-state index in [1.807, 2.05) is 0 Å². The van der Waals surface area contributed by atoms with Gasteiger partial charge < -0.3 is 5.32 Å². The van der Waals surface area contributed by atoms with Crippen LogP contribution >= 0.6 is 0 Å². The third-order valence-corrected chi connectivity index (χ3v) is 6.43. The van der Waals surface area contributed by atoms with Gasteiger partial charge in [0, 0.05) is 32.2 Å². The van der Waals surface area contributed by atoms with Gasteiger partial charge in [0.05, 0.1) is 0 Å². The first-order valence-electron chi connectivity index (χ1n) is 7.65. The first-order valence-corrected chi connectivity index (χ1v) is 9.04. The molecule has 2 aliphatic heterocycles. The lowest BCUT2D eigenvalue weighted by Gasteiger charge is -2.29. The van der Waals surface area contributed by atoms with Gasteiger partial charge >= 0.3 is 0 Å². The molecule has 0 amide bonds. The third-order valence-electron chi connectivity index (χ3n) is 4.46. The van der Waals surface area contributed by atoms with Crippen molar-refractivity contribution in [2.75, 3.05) is 32.7 Å². The lowest BCUT2D eigenvalue weighted by atomic mass is 10.2. The maximum Gasteiger partial charge on any atom is 0.282 e. The third kappa shape index (κ3) is 3.29. The van der Waals surface area contributed by atoms with Crippen molar-refractivity contribution in [1.82, 2.24) is 13.9 Å². The van der Waals surface area contributed by atoms with Crippen molar-refractivity contribution in [1.29, 1.82) is 0 Å². The van der Waals surface area contributed by atoms with Crippen LogP contribution in [0.3, 0.4) is 0 Å². The summed E-state index contributed by atoms with van der Waals surface area (Å²) >= 11 is 0. The van der Waals surface area contributed by atoms with E-state index in [9.17, 15) is 8.42 Å². The largest absolute Gasteiger partial charge is 0.313 e. The molecule has 6 heteroatoms. The Labute approximate surface area is 116 Å². The molecule has 5 nitrogen and oxygen atoms in total. The van der Waals surface area contributed by atoms with Crippen LogP contribution in [0.15, 0.2) is 0 Å². The second-order valence-electron chi connectivity index (χ2n) is 6.17. The molecule has 3 fully saturated rings. The summed E-state index contributed by atoms with van der Waals surface area (Å²) in [6.07, 6.45) is 6.70. The van der Waals surface area contributed by atoms with Gasteiger partial charge in [-0.05, 0) is 51.0 Å². The molecule has 0 bridgehead atoms. The van der Waals surface area contributed by atoms with Crippen molar-refractivity contribution in [3.05, 3.63) is 0 Å². The van der Waals surface area contributed by atoms with E-state index in [1.54, 1.807) is 8.61 Å². The van der Waals surface area contributed by atoms with E-state index in [4.69, 9.17) is 0 Å². The molecule has 0 radical (unpaired) electrons. The Morgan fingerprint density at radius 1 is 1.05 bits per heavy atom. The van der Waals surface area contributed by atoms with Crippen LogP contribution in [0, 0.1) is 5.92 Å².